The molecule has 0 aliphatic heterocycles. The summed E-state index contributed by atoms with van der Waals surface area (Å²) in [5.74, 6) is 1.69. The molecule has 0 unspecified atom stereocenters. The Labute approximate surface area is 165 Å². The minimum Gasteiger partial charge on any atom is -0.496 e. The Morgan fingerprint density at radius 2 is 1.82 bits per heavy atom. The van der Waals surface area contributed by atoms with Crippen molar-refractivity contribution in [2.45, 2.75) is 6.92 Å². The molecule has 0 radical (unpaired) electrons. The van der Waals surface area contributed by atoms with Crippen molar-refractivity contribution in [3.8, 4) is 33.6 Å². The van der Waals surface area contributed by atoms with Gasteiger partial charge in [-0.2, -0.15) is 10.1 Å². The van der Waals surface area contributed by atoms with E-state index >= 15 is 0 Å². The minimum absolute atomic E-state index is 0.436. The summed E-state index contributed by atoms with van der Waals surface area (Å²) < 4.78 is 12.9. The molecule has 3 heterocycles. The van der Waals surface area contributed by atoms with Crippen LogP contribution in [0.1, 0.15) is 5.69 Å². The van der Waals surface area contributed by atoms with E-state index in [4.69, 9.17) is 9.26 Å². The molecule has 28 heavy (non-hydrogen) atoms. The molecule has 0 N–H and O–H groups in total. The molecule has 0 aliphatic rings. The predicted octanol–water partition coefficient (Wildman–Crippen LogP) is 5.12. The molecule has 0 amide bonds. The Kier molecular flexibility index (Phi) is 3.95. The number of aryl methyl sites for hydroxylation is 1. The third-order valence-corrected chi connectivity index (χ3v) is 5.64. The Morgan fingerprint density at radius 1 is 1.04 bits per heavy atom. The van der Waals surface area contributed by atoms with Crippen LogP contribution < -0.4 is 4.74 Å². The molecule has 0 spiro atoms. The smallest absolute Gasteiger partial charge is 0.262 e. The number of hydrogen-bond acceptors (Lipinski definition) is 6. The molecule has 5 aromatic rings. The van der Waals surface area contributed by atoms with Crippen molar-refractivity contribution >= 4 is 21.6 Å². The van der Waals surface area contributed by atoms with Gasteiger partial charge in [0.25, 0.3) is 5.89 Å². The second-order valence-corrected chi connectivity index (χ2v) is 7.32. The van der Waals surface area contributed by atoms with Gasteiger partial charge in [-0.25, -0.2) is 4.68 Å². The maximum atomic E-state index is 5.51. The van der Waals surface area contributed by atoms with Gasteiger partial charge in [-0.05, 0) is 37.3 Å². The minimum atomic E-state index is 0.436. The molecule has 0 saturated carbocycles. The number of methoxy groups -OCH3 is 1. The zero-order chi connectivity index (χ0) is 19.1. The lowest BCUT2D eigenvalue weighted by atomic mass is 10.2. The first-order valence-electron chi connectivity index (χ1n) is 8.76. The van der Waals surface area contributed by atoms with Crippen LogP contribution in [-0.2, 0) is 0 Å². The first-order valence-corrected chi connectivity index (χ1v) is 9.58. The number of rotatable bonds is 4. The summed E-state index contributed by atoms with van der Waals surface area (Å²) in [5, 5.41) is 9.95. The first-order chi connectivity index (χ1) is 13.7. The molecule has 6 nitrogen and oxygen atoms in total. The molecule has 0 fully saturated rings. The van der Waals surface area contributed by atoms with E-state index in [1.807, 2.05) is 66.2 Å². The third-order valence-electron chi connectivity index (χ3n) is 4.53. The van der Waals surface area contributed by atoms with Gasteiger partial charge in [0.1, 0.15) is 10.6 Å². The van der Waals surface area contributed by atoms with E-state index in [0.717, 1.165) is 32.0 Å². The van der Waals surface area contributed by atoms with Crippen LogP contribution in [0, 0.1) is 6.92 Å². The lowest BCUT2D eigenvalue weighted by Crippen LogP contribution is -1.94. The normalized spacial score (nSPS) is 11.2. The largest absolute Gasteiger partial charge is 0.496 e. The standard InChI is InChI=1S/C21H16N4O2S/c1-13-16-12-18(28-21(16)25(23-13)14-8-4-3-5-9-14)19-22-20(27-24-19)15-10-6-7-11-17(15)26-2/h3-12H,1-2H3. The maximum Gasteiger partial charge on any atom is 0.262 e. The molecule has 138 valence electrons. The molecule has 0 atom stereocenters. The van der Waals surface area contributed by atoms with Gasteiger partial charge in [0.05, 0.1) is 28.9 Å². The lowest BCUT2D eigenvalue weighted by Gasteiger charge is -2.02. The SMILES string of the molecule is COc1ccccc1-c1nc(-c2cc3c(C)nn(-c4ccccc4)c3s2)no1. The number of benzene rings is 2. The van der Waals surface area contributed by atoms with Crippen LogP contribution in [0.5, 0.6) is 5.75 Å². The summed E-state index contributed by atoms with van der Waals surface area (Å²) >= 11 is 1.60. The average molecular weight is 388 g/mol. The van der Waals surface area contributed by atoms with Crippen molar-refractivity contribution in [3.63, 3.8) is 0 Å². The number of nitrogens with zero attached hydrogens (tertiary/aromatic N) is 4. The highest BCUT2D eigenvalue weighted by Crippen LogP contribution is 2.36. The van der Waals surface area contributed by atoms with Gasteiger partial charge in [0, 0.05) is 5.39 Å². The molecule has 2 aromatic carbocycles. The van der Waals surface area contributed by atoms with E-state index in [0.29, 0.717) is 17.5 Å². The highest BCUT2D eigenvalue weighted by Gasteiger charge is 2.19. The van der Waals surface area contributed by atoms with Crippen LogP contribution in [0.15, 0.2) is 65.2 Å². The van der Waals surface area contributed by atoms with E-state index in [1.165, 1.54) is 0 Å². The Bertz CT molecular complexity index is 1270. The summed E-state index contributed by atoms with van der Waals surface area (Å²) in [6.45, 7) is 2.01. The summed E-state index contributed by atoms with van der Waals surface area (Å²) in [5.41, 5.74) is 2.77. The van der Waals surface area contributed by atoms with E-state index in [1.54, 1.807) is 18.4 Å². The van der Waals surface area contributed by atoms with Crippen LogP contribution in [0.2, 0.25) is 0 Å². The zero-order valence-electron chi connectivity index (χ0n) is 15.3. The van der Waals surface area contributed by atoms with Crippen LogP contribution in [0.3, 0.4) is 0 Å². The molecule has 0 aliphatic carbocycles. The van der Waals surface area contributed by atoms with E-state index in [9.17, 15) is 0 Å². The van der Waals surface area contributed by atoms with Gasteiger partial charge in [-0.15, -0.1) is 11.3 Å². The monoisotopic (exact) mass is 388 g/mol. The number of aromatic nitrogens is 4. The molecule has 5 rings (SSSR count). The van der Waals surface area contributed by atoms with E-state index in [-0.39, 0.29) is 0 Å². The number of ether oxygens (including phenoxy) is 1. The second-order valence-electron chi connectivity index (χ2n) is 6.29. The number of para-hydroxylation sites is 2. The van der Waals surface area contributed by atoms with Gasteiger partial charge in [-0.1, -0.05) is 35.5 Å². The van der Waals surface area contributed by atoms with Crippen LogP contribution in [0.4, 0.5) is 0 Å². The van der Waals surface area contributed by atoms with Gasteiger partial charge < -0.3 is 9.26 Å². The number of fused-ring (bicyclic) bond motifs is 1. The van der Waals surface area contributed by atoms with Crippen molar-refractivity contribution in [2.75, 3.05) is 7.11 Å². The van der Waals surface area contributed by atoms with Crippen LogP contribution >= 0.6 is 11.3 Å². The fraction of sp³-hybridized carbons (Fsp3) is 0.0952. The maximum absolute atomic E-state index is 5.51. The Morgan fingerprint density at radius 3 is 2.64 bits per heavy atom. The fourth-order valence-corrected chi connectivity index (χ4v) is 4.26. The van der Waals surface area contributed by atoms with Gasteiger partial charge in [0.2, 0.25) is 5.82 Å². The number of thiophene rings is 1. The highest BCUT2D eigenvalue weighted by molar-refractivity contribution is 7.21. The van der Waals surface area contributed by atoms with Crippen molar-refractivity contribution in [2.24, 2.45) is 0 Å². The van der Waals surface area contributed by atoms with E-state index < -0.39 is 0 Å². The highest BCUT2D eigenvalue weighted by atomic mass is 32.1. The molecule has 0 bridgehead atoms. The van der Waals surface area contributed by atoms with Gasteiger partial charge in [0.15, 0.2) is 0 Å². The molecular formula is C21H16N4O2S. The van der Waals surface area contributed by atoms with Gasteiger partial charge >= 0.3 is 0 Å². The van der Waals surface area contributed by atoms with Crippen molar-refractivity contribution in [3.05, 3.63) is 66.4 Å². The average Bonchev–Trinajstić information content (AvgIpc) is 3.45. The summed E-state index contributed by atoms with van der Waals surface area (Å²) in [6, 6.07) is 19.8. The quantitative estimate of drug-likeness (QED) is 0.427. The topological polar surface area (TPSA) is 66.0 Å². The Hall–Kier alpha value is -3.45. The van der Waals surface area contributed by atoms with Crippen molar-refractivity contribution < 1.29 is 9.26 Å². The molecule has 7 heteroatoms. The summed E-state index contributed by atoms with van der Waals surface area (Å²) in [4.78, 5) is 6.58. The van der Waals surface area contributed by atoms with Crippen LogP contribution in [0.25, 0.3) is 38.1 Å². The summed E-state index contributed by atoms with van der Waals surface area (Å²) in [6.07, 6.45) is 0. The third kappa shape index (κ3) is 2.68. The fourth-order valence-electron chi connectivity index (χ4n) is 3.16. The summed E-state index contributed by atoms with van der Waals surface area (Å²) in [7, 11) is 1.63. The molecule has 3 aromatic heterocycles. The van der Waals surface area contributed by atoms with E-state index in [2.05, 4.69) is 21.3 Å². The molecular weight excluding hydrogens is 372 g/mol. The lowest BCUT2D eigenvalue weighted by molar-refractivity contribution is 0.405. The molecule has 0 saturated heterocycles. The zero-order valence-corrected chi connectivity index (χ0v) is 16.1. The number of hydrogen-bond donors (Lipinski definition) is 0. The predicted molar refractivity (Wildman–Crippen MR) is 109 cm³/mol. The first kappa shape index (κ1) is 16.7. The second kappa shape index (κ2) is 6.61. The van der Waals surface area contributed by atoms with Gasteiger partial charge in [-0.3, -0.25) is 0 Å². The van der Waals surface area contributed by atoms with Crippen molar-refractivity contribution in [1.82, 2.24) is 19.9 Å². The Balaban J connectivity index is 1.59. The van der Waals surface area contributed by atoms with Crippen molar-refractivity contribution in [1.29, 1.82) is 0 Å². The van der Waals surface area contributed by atoms with Crippen LogP contribution in [-0.4, -0.2) is 27.0 Å².